The normalized spacial score (nSPS) is 13.3. The molecule has 0 fully saturated rings. The number of carbonyl (C=O) groups is 3. The summed E-state index contributed by atoms with van der Waals surface area (Å²) in [6.07, 6.45) is 68.7. The van der Waals surface area contributed by atoms with Crippen LogP contribution < -0.4 is 0 Å². The smallest absolute Gasteiger partial charge is 0.306 e. The maximum atomic E-state index is 12.8. The van der Waals surface area contributed by atoms with E-state index in [1.54, 1.807) is 0 Å². The number of carbonyl (C=O) groups excluding carboxylic acids is 3. The molecule has 6 heteroatoms. The highest BCUT2D eigenvalue weighted by Gasteiger charge is 2.19. The molecule has 0 rings (SSSR count). The van der Waals surface area contributed by atoms with E-state index < -0.39 is 6.10 Å². The molecule has 346 valence electrons. The van der Waals surface area contributed by atoms with Crippen LogP contribution >= 0.6 is 0 Å². The Kier molecular flexibility index (Phi) is 45.7. The monoisotopic (exact) mass is 855 g/mol. The van der Waals surface area contributed by atoms with Gasteiger partial charge in [-0.1, -0.05) is 187 Å². The van der Waals surface area contributed by atoms with Crippen molar-refractivity contribution in [3.63, 3.8) is 0 Å². The minimum absolute atomic E-state index is 0.126. The Morgan fingerprint density at radius 1 is 0.339 bits per heavy atom. The molecule has 0 aliphatic rings. The minimum Gasteiger partial charge on any atom is -0.462 e. The topological polar surface area (TPSA) is 78.9 Å². The van der Waals surface area contributed by atoms with E-state index >= 15 is 0 Å². The highest BCUT2D eigenvalue weighted by Crippen LogP contribution is 2.12. The van der Waals surface area contributed by atoms with Crippen LogP contribution in [0.15, 0.2) is 134 Å². The van der Waals surface area contributed by atoms with Crippen molar-refractivity contribution in [1.29, 1.82) is 0 Å². The van der Waals surface area contributed by atoms with Gasteiger partial charge in [-0.2, -0.15) is 0 Å². The van der Waals surface area contributed by atoms with Crippen LogP contribution in [0.1, 0.15) is 181 Å². The molecule has 0 spiro atoms. The van der Waals surface area contributed by atoms with E-state index in [4.69, 9.17) is 14.2 Å². The van der Waals surface area contributed by atoms with Crippen LogP contribution in [0.4, 0.5) is 0 Å². The van der Waals surface area contributed by atoms with Gasteiger partial charge in [0.1, 0.15) is 13.2 Å². The van der Waals surface area contributed by atoms with E-state index in [0.717, 1.165) is 109 Å². The zero-order valence-electron chi connectivity index (χ0n) is 39.3. The van der Waals surface area contributed by atoms with E-state index in [1.165, 1.54) is 19.3 Å². The van der Waals surface area contributed by atoms with Crippen molar-refractivity contribution in [2.75, 3.05) is 13.2 Å². The van der Waals surface area contributed by atoms with Gasteiger partial charge in [0.15, 0.2) is 6.10 Å². The highest BCUT2D eigenvalue weighted by atomic mass is 16.6. The van der Waals surface area contributed by atoms with Crippen molar-refractivity contribution in [1.82, 2.24) is 0 Å². The molecular weight excluding hydrogens is 769 g/mol. The first kappa shape index (κ1) is 57.5. The number of unbranched alkanes of at least 4 members (excludes halogenated alkanes) is 10. The van der Waals surface area contributed by atoms with E-state index in [0.29, 0.717) is 19.3 Å². The molecule has 0 aromatic carbocycles. The van der Waals surface area contributed by atoms with Gasteiger partial charge < -0.3 is 14.2 Å². The zero-order valence-corrected chi connectivity index (χ0v) is 39.3. The van der Waals surface area contributed by atoms with Crippen LogP contribution in [-0.2, 0) is 28.6 Å². The molecule has 0 bridgehead atoms. The van der Waals surface area contributed by atoms with Gasteiger partial charge in [-0.25, -0.2) is 0 Å². The summed E-state index contributed by atoms with van der Waals surface area (Å²) < 4.78 is 16.7. The summed E-state index contributed by atoms with van der Waals surface area (Å²) in [5.74, 6) is -1.05. The van der Waals surface area contributed by atoms with Crippen LogP contribution in [-0.4, -0.2) is 37.2 Å². The largest absolute Gasteiger partial charge is 0.462 e. The van der Waals surface area contributed by atoms with E-state index in [9.17, 15) is 14.4 Å². The molecule has 1 unspecified atom stereocenters. The van der Waals surface area contributed by atoms with Crippen molar-refractivity contribution in [3.05, 3.63) is 134 Å². The lowest BCUT2D eigenvalue weighted by atomic mass is 10.1. The fraction of sp³-hybridized carbons (Fsp3) is 0.554. The predicted molar refractivity (Wildman–Crippen MR) is 265 cm³/mol. The summed E-state index contributed by atoms with van der Waals surface area (Å²) in [5, 5.41) is 0. The van der Waals surface area contributed by atoms with Crippen molar-refractivity contribution < 1.29 is 28.6 Å². The Morgan fingerprint density at radius 2 is 0.677 bits per heavy atom. The van der Waals surface area contributed by atoms with Gasteiger partial charge >= 0.3 is 17.9 Å². The fourth-order valence-corrected chi connectivity index (χ4v) is 5.90. The number of ether oxygens (including phenoxy) is 3. The van der Waals surface area contributed by atoms with Gasteiger partial charge in [-0.3, -0.25) is 14.4 Å². The van der Waals surface area contributed by atoms with Gasteiger partial charge in [-0.05, 0) is 109 Å². The summed E-state index contributed by atoms with van der Waals surface area (Å²) in [6.45, 7) is 6.15. The molecule has 0 saturated carbocycles. The molecule has 0 saturated heterocycles. The summed E-state index contributed by atoms with van der Waals surface area (Å²) >= 11 is 0. The average Bonchev–Trinajstić information content (AvgIpc) is 3.27. The van der Waals surface area contributed by atoms with Crippen molar-refractivity contribution >= 4 is 17.9 Å². The maximum absolute atomic E-state index is 12.8. The highest BCUT2D eigenvalue weighted by molar-refractivity contribution is 5.71. The van der Waals surface area contributed by atoms with Crippen molar-refractivity contribution in [2.24, 2.45) is 0 Å². The number of allylic oxidation sites excluding steroid dienone is 22. The van der Waals surface area contributed by atoms with E-state index in [1.807, 2.05) is 0 Å². The molecule has 0 heterocycles. The molecule has 0 amide bonds. The van der Waals surface area contributed by atoms with Gasteiger partial charge in [0.2, 0.25) is 0 Å². The third-order valence-electron chi connectivity index (χ3n) is 9.44. The quantitative estimate of drug-likeness (QED) is 0.0200. The van der Waals surface area contributed by atoms with E-state index in [2.05, 4.69) is 154 Å². The lowest BCUT2D eigenvalue weighted by molar-refractivity contribution is -0.167. The summed E-state index contributed by atoms with van der Waals surface area (Å²) in [7, 11) is 0. The molecule has 0 radical (unpaired) electrons. The summed E-state index contributed by atoms with van der Waals surface area (Å²) in [4.78, 5) is 37.9. The minimum atomic E-state index is -0.827. The first-order valence-electron chi connectivity index (χ1n) is 24.2. The lowest BCUT2D eigenvalue weighted by Gasteiger charge is -2.18. The number of esters is 3. The molecule has 62 heavy (non-hydrogen) atoms. The molecule has 6 nitrogen and oxygen atoms in total. The Balaban J connectivity index is 4.57. The van der Waals surface area contributed by atoms with Crippen LogP contribution in [0.2, 0.25) is 0 Å². The SMILES string of the molecule is CC\C=C/C=C\C=C/CCCCCCCCCC(=O)OC(COC(=O)CCC/C=C\C/C=C\C/C=C\C/C=C\C/C=C\CC)COC(=O)CCCC/C=C\C/C=C\C/C=C\CC. The second-order valence-corrected chi connectivity index (χ2v) is 15.3. The lowest BCUT2D eigenvalue weighted by Crippen LogP contribution is -2.30. The Bertz CT molecular complexity index is 1400. The molecule has 0 aromatic rings. The number of hydrogen-bond donors (Lipinski definition) is 0. The third-order valence-corrected chi connectivity index (χ3v) is 9.44. The Morgan fingerprint density at radius 3 is 1.18 bits per heavy atom. The van der Waals surface area contributed by atoms with Crippen LogP contribution in [0.3, 0.4) is 0 Å². The van der Waals surface area contributed by atoms with Gasteiger partial charge in [0, 0.05) is 19.3 Å². The van der Waals surface area contributed by atoms with Crippen LogP contribution in [0.25, 0.3) is 0 Å². The van der Waals surface area contributed by atoms with Crippen LogP contribution in [0, 0.1) is 0 Å². The first-order chi connectivity index (χ1) is 30.5. The van der Waals surface area contributed by atoms with Gasteiger partial charge in [0.05, 0.1) is 0 Å². The number of hydrogen-bond acceptors (Lipinski definition) is 6. The van der Waals surface area contributed by atoms with Gasteiger partial charge in [-0.15, -0.1) is 0 Å². The van der Waals surface area contributed by atoms with Crippen molar-refractivity contribution in [2.45, 2.75) is 187 Å². The number of rotatable bonds is 41. The second-order valence-electron chi connectivity index (χ2n) is 15.3. The average molecular weight is 855 g/mol. The molecule has 0 aromatic heterocycles. The van der Waals surface area contributed by atoms with Crippen LogP contribution in [0.5, 0.6) is 0 Å². The maximum Gasteiger partial charge on any atom is 0.306 e. The second kappa shape index (κ2) is 49.2. The van der Waals surface area contributed by atoms with Gasteiger partial charge in [0.25, 0.3) is 0 Å². The zero-order chi connectivity index (χ0) is 45.1. The molecule has 1 atom stereocenters. The molecular formula is C56H86O6. The third kappa shape index (κ3) is 46.6. The van der Waals surface area contributed by atoms with Crippen molar-refractivity contribution in [3.8, 4) is 0 Å². The summed E-state index contributed by atoms with van der Waals surface area (Å²) in [5.41, 5.74) is 0. The fourth-order valence-electron chi connectivity index (χ4n) is 5.90. The summed E-state index contributed by atoms with van der Waals surface area (Å²) in [6, 6.07) is 0. The van der Waals surface area contributed by atoms with E-state index in [-0.39, 0.29) is 44.0 Å². The Hall–Kier alpha value is -4.45. The standard InChI is InChI=1S/C56H86O6/c1-4-7-10-13-16-19-22-25-27-28-30-31-34-37-40-43-46-49-55(58)61-52-53(51-60-54(57)48-45-42-39-36-33-24-21-18-15-12-9-6-3)62-56(59)50-47-44-41-38-35-32-29-26-23-20-17-14-11-8-5-2/h7-12,14,16-21,23,25,27,30-31,33,36-37,40,53H,4-6,13,15,22,24,26,28-29,32,34-35,38-39,41-52H2,1-3H3/b10-7-,11-8-,12-9-,17-14-,19-16-,21-18-,23-20-,27-25-,31-30-,36-33-,40-37-. The molecule has 0 N–H and O–H groups in total. The molecule has 0 aliphatic carbocycles. The molecule has 0 aliphatic heterocycles. The Labute approximate surface area is 379 Å². The first-order valence-corrected chi connectivity index (χ1v) is 24.2. The predicted octanol–water partition coefficient (Wildman–Crippen LogP) is 15.9.